The van der Waals surface area contributed by atoms with Crippen molar-refractivity contribution in [2.75, 3.05) is 39.6 Å². The molecule has 0 bridgehead atoms. The van der Waals surface area contributed by atoms with Crippen LogP contribution in [0.15, 0.2) is 0 Å². The second kappa shape index (κ2) is 72.0. The lowest BCUT2D eigenvalue weighted by molar-refractivity contribution is -0.161. The van der Waals surface area contributed by atoms with Crippen LogP contribution < -0.4 is 0 Å². The molecule has 0 aromatic rings. The first-order chi connectivity index (χ1) is 47.5. The minimum absolute atomic E-state index is 0.103. The molecule has 0 saturated carbocycles. The Hall–Kier alpha value is -1.94. The predicted octanol–water partition coefficient (Wildman–Crippen LogP) is 23.6. The van der Waals surface area contributed by atoms with Gasteiger partial charge >= 0.3 is 39.5 Å². The zero-order chi connectivity index (χ0) is 71.9. The topological polar surface area (TPSA) is 237 Å². The lowest BCUT2D eigenvalue weighted by Gasteiger charge is -2.21. The molecule has 0 radical (unpaired) electrons. The molecule has 0 aromatic heterocycles. The maximum Gasteiger partial charge on any atom is 0.472 e. The van der Waals surface area contributed by atoms with E-state index in [0.29, 0.717) is 31.6 Å². The lowest BCUT2D eigenvalue weighted by Crippen LogP contribution is -2.30. The van der Waals surface area contributed by atoms with E-state index >= 15 is 0 Å². The van der Waals surface area contributed by atoms with Crippen molar-refractivity contribution in [1.29, 1.82) is 0 Å². The van der Waals surface area contributed by atoms with Crippen LogP contribution in [0.4, 0.5) is 0 Å². The summed E-state index contributed by atoms with van der Waals surface area (Å²) in [6, 6.07) is 0. The van der Waals surface area contributed by atoms with Crippen molar-refractivity contribution in [3.63, 3.8) is 0 Å². The van der Waals surface area contributed by atoms with Gasteiger partial charge in [0.15, 0.2) is 12.2 Å². The van der Waals surface area contributed by atoms with Crippen LogP contribution in [0, 0.1) is 5.92 Å². The van der Waals surface area contributed by atoms with Gasteiger partial charge in [0.1, 0.15) is 19.3 Å². The first-order valence-electron chi connectivity index (χ1n) is 41.1. The van der Waals surface area contributed by atoms with Crippen LogP contribution in [0.2, 0.25) is 0 Å². The van der Waals surface area contributed by atoms with Crippen LogP contribution >= 0.6 is 15.6 Å². The van der Waals surface area contributed by atoms with Crippen molar-refractivity contribution in [2.45, 2.75) is 438 Å². The normalized spacial score (nSPS) is 13.9. The third-order valence-electron chi connectivity index (χ3n) is 18.5. The molecule has 0 aliphatic heterocycles. The molecule has 582 valence electrons. The van der Waals surface area contributed by atoms with E-state index in [1.165, 1.54) is 244 Å². The molecule has 3 N–H and O–H groups in total. The van der Waals surface area contributed by atoms with E-state index < -0.39 is 97.5 Å². The van der Waals surface area contributed by atoms with Gasteiger partial charge < -0.3 is 33.8 Å². The number of carbonyl (C=O) groups excluding carboxylic acids is 4. The largest absolute Gasteiger partial charge is 0.472 e. The molecular formula is C79H154O17P2. The van der Waals surface area contributed by atoms with E-state index in [1.807, 2.05) is 0 Å². The molecule has 0 spiro atoms. The van der Waals surface area contributed by atoms with Crippen molar-refractivity contribution in [3.05, 3.63) is 0 Å². The smallest absolute Gasteiger partial charge is 0.462 e. The summed E-state index contributed by atoms with van der Waals surface area (Å²) in [6.45, 7) is 7.19. The molecule has 0 rings (SSSR count). The molecule has 5 atom stereocenters. The average molecular weight is 1440 g/mol. The molecule has 0 aliphatic rings. The van der Waals surface area contributed by atoms with E-state index in [1.54, 1.807) is 0 Å². The van der Waals surface area contributed by atoms with Crippen molar-refractivity contribution >= 4 is 39.5 Å². The van der Waals surface area contributed by atoms with Gasteiger partial charge in [-0.3, -0.25) is 37.3 Å². The number of phosphoric ester groups is 2. The second-order valence-corrected chi connectivity index (χ2v) is 31.8. The van der Waals surface area contributed by atoms with E-state index in [0.717, 1.165) is 89.9 Å². The summed E-state index contributed by atoms with van der Waals surface area (Å²) < 4.78 is 68.5. The van der Waals surface area contributed by atoms with Crippen LogP contribution in [0.25, 0.3) is 0 Å². The number of hydrogen-bond donors (Lipinski definition) is 3. The van der Waals surface area contributed by atoms with Gasteiger partial charge in [-0.25, -0.2) is 9.13 Å². The first-order valence-corrected chi connectivity index (χ1v) is 44.1. The molecule has 17 nitrogen and oxygen atoms in total. The summed E-state index contributed by atoms with van der Waals surface area (Å²) in [6.07, 6.45) is 62.9. The van der Waals surface area contributed by atoms with Crippen molar-refractivity contribution in [1.82, 2.24) is 0 Å². The minimum atomic E-state index is -4.96. The van der Waals surface area contributed by atoms with Gasteiger partial charge in [-0.05, 0) is 31.6 Å². The van der Waals surface area contributed by atoms with E-state index in [4.69, 9.17) is 37.0 Å². The Balaban J connectivity index is 5.15. The highest BCUT2D eigenvalue weighted by molar-refractivity contribution is 7.47. The fraction of sp³-hybridized carbons (Fsp3) is 0.949. The Kier molecular flexibility index (Phi) is 70.6. The lowest BCUT2D eigenvalue weighted by atomic mass is 10.0. The van der Waals surface area contributed by atoms with E-state index in [-0.39, 0.29) is 25.7 Å². The van der Waals surface area contributed by atoms with Gasteiger partial charge in [-0.2, -0.15) is 0 Å². The number of aliphatic hydroxyl groups excluding tert-OH is 1. The number of phosphoric acid groups is 2. The number of hydrogen-bond acceptors (Lipinski definition) is 15. The van der Waals surface area contributed by atoms with Gasteiger partial charge in [0.05, 0.1) is 26.4 Å². The molecule has 0 saturated heterocycles. The Morgan fingerprint density at radius 1 is 0.276 bits per heavy atom. The number of unbranched alkanes of at least 4 members (excludes halogenated alkanes) is 51. The van der Waals surface area contributed by atoms with E-state index in [9.17, 15) is 43.2 Å². The maximum atomic E-state index is 13.1. The van der Waals surface area contributed by atoms with Crippen molar-refractivity contribution in [2.24, 2.45) is 5.92 Å². The Morgan fingerprint density at radius 3 is 0.694 bits per heavy atom. The Bertz CT molecular complexity index is 1870. The maximum absolute atomic E-state index is 13.1. The summed E-state index contributed by atoms with van der Waals surface area (Å²) >= 11 is 0. The van der Waals surface area contributed by atoms with E-state index in [2.05, 4.69) is 34.6 Å². The molecule has 0 aliphatic carbocycles. The number of esters is 4. The van der Waals surface area contributed by atoms with Gasteiger partial charge in [0.2, 0.25) is 0 Å². The Labute approximate surface area is 600 Å². The Morgan fingerprint density at radius 2 is 0.469 bits per heavy atom. The zero-order valence-electron chi connectivity index (χ0n) is 63.9. The van der Waals surface area contributed by atoms with Crippen LogP contribution in [-0.2, 0) is 65.4 Å². The van der Waals surface area contributed by atoms with Crippen LogP contribution in [0.1, 0.15) is 420 Å². The highest BCUT2D eigenvalue weighted by Gasteiger charge is 2.30. The number of ether oxygens (including phenoxy) is 4. The zero-order valence-corrected chi connectivity index (χ0v) is 65.7. The summed E-state index contributed by atoms with van der Waals surface area (Å²) in [5.74, 6) is -1.45. The van der Waals surface area contributed by atoms with Crippen LogP contribution in [-0.4, -0.2) is 96.7 Å². The van der Waals surface area contributed by atoms with Gasteiger partial charge in [-0.1, -0.05) is 369 Å². The number of rotatable bonds is 79. The highest BCUT2D eigenvalue weighted by atomic mass is 31.2. The summed E-state index contributed by atoms with van der Waals surface area (Å²) in [5, 5.41) is 10.6. The molecule has 0 fully saturated rings. The summed E-state index contributed by atoms with van der Waals surface area (Å²) in [5.41, 5.74) is 0. The molecule has 0 aromatic carbocycles. The third kappa shape index (κ3) is 72.4. The van der Waals surface area contributed by atoms with Gasteiger partial charge in [0, 0.05) is 25.7 Å². The number of aliphatic hydroxyl groups is 1. The third-order valence-corrected chi connectivity index (χ3v) is 20.4. The number of carbonyl (C=O) groups is 4. The van der Waals surface area contributed by atoms with Crippen molar-refractivity contribution < 1.29 is 80.2 Å². The predicted molar refractivity (Wildman–Crippen MR) is 400 cm³/mol. The summed E-state index contributed by atoms with van der Waals surface area (Å²) in [4.78, 5) is 72.8. The fourth-order valence-electron chi connectivity index (χ4n) is 12.2. The molecule has 0 heterocycles. The first kappa shape index (κ1) is 96.1. The average Bonchev–Trinajstić information content (AvgIpc) is 0.964. The molecule has 0 amide bonds. The quantitative estimate of drug-likeness (QED) is 0.0222. The minimum Gasteiger partial charge on any atom is -0.462 e. The molecule has 2 unspecified atom stereocenters. The highest BCUT2D eigenvalue weighted by Crippen LogP contribution is 2.45. The standard InChI is InChI=1S/C79H154O17P2/c1-6-9-12-15-18-21-23-25-27-29-31-32-33-34-36-38-40-42-45-48-54-59-64-78(83)95-74(68-90-77(82)63-58-53-47-44-41-39-37-35-30-28-26-24-22-19-16-13-10-7-2)70-93-97(85,86)91-66-73(80)67-92-98(87,88)94-71-75(96-79(84)65-60-55-50-49-51-56-61-72(4)5)69-89-76(81)62-57-52-46-43-20-17-14-11-8-3/h72-75,80H,6-71H2,1-5H3,(H,85,86)(H,87,88)/t73-,74-,75-/m1/s1. The van der Waals surface area contributed by atoms with Crippen LogP contribution in [0.3, 0.4) is 0 Å². The van der Waals surface area contributed by atoms with Crippen molar-refractivity contribution in [3.8, 4) is 0 Å². The molecule has 98 heavy (non-hydrogen) atoms. The van der Waals surface area contributed by atoms with Gasteiger partial charge in [0.25, 0.3) is 0 Å². The second-order valence-electron chi connectivity index (χ2n) is 28.9. The molecule has 19 heteroatoms. The molecular weight excluding hydrogens is 1280 g/mol. The fourth-order valence-corrected chi connectivity index (χ4v) is 13.8. The van der Waals surface area contributed by atoms with Gasteiger partial charge in [-0.15, -0.1) is 0 Å². The summed E-state index contributed by atoms with van der Waals surface area (Å²) in [7, 11) is -9.91. The monoisotopic (exact) mass is 1440 g/mol. The SMILES string of the molecule is CCCCCCCCCCCCCCCCCCCCCCCCC(=O)O[C@H](COC(=O)CCCCCCCCCCCCCCCCCCCC)COP(=O)(O)OC[C@@H](O)COP(=O)(O)OC[C@@H](COC(=O)CCCCCCCCCCC)OC(=O)CCCCCCCCC(C)C. The van der Waals surface area contributed by atoms with Crippen LogP contribution in [0.5, 0.6) is 0 Å².